The molecule has 0 N–H and O–H groups in total. The van der Waals surface area contributed by atoms with E-state index in [1.54, 1.807) is 6.07 Å². The molecule has 1 nitrogen and oxygen atoms in total. The summed E-state index contributed by atoms with van der Waals surface area (Å²) in [7, 11) is 0. The van der Waals surface area contributed by atoms with Crippen LogP contribution in [-0.2, 0) is 0 Å². The SMILES string of the molecule is [C-]#[N+]c1cc(Cl)ccc1-c1ccccc1-c1cccc(-c2cccc3c2-c2cccc4cccc-3c24)c1. The highest BCUT2D eigenvalue weighted by Gasteiger charge is 2.24. The molecule has 0 spiro atoms. The third-order valence-corrected chi connectivity index (χ3v) is 7.55. The van der Waals surface area contributed by atoms with Gasteiger partial charge in [-0.1, -0.05) is 115 Å². The molecule has 6 aromatic rings. The third-order valence-electron chi connectivity index (χ3n) is 7.31. The standard InChI is InChI=1S/C35H20ClN/c1-37-33-21-25(36)18-19-29(33)28-13-3-2-12-26(28)23-10-4-11-24(20-23)27-14-7-16-31-30-15-5-8-22-9-6-17-32(34(22)30)35(27)31/h2-21H. The van der Waals surface area contributed by atoms with Gasteiger partial charge in [0.05, 0.1) is 6.57 Å². The van der Waals surface area contributed by atoms with E-state index in [0.717, 1.165) is 22.3 Å². The largest absolute Gasteiger partial charge is 0.237 e. The maximum atomic E-state index is 7.69. The van der Waals surface area contributed by atoms with Gasteiger partial charge in [0.25, 0.3) is 0 Å². The summed E-state index contributed by atoms with van der Waals surface area (Å²) < 4.78 is 0. The van der Waals surface area contributed by atoms with Gasteiger partial charge in [0, 0.05) is 5.02 Å². The Hall–Kier alpha value is -4.64. The molecule has 172 valence electrons. The Labute approximate surface area is 221 Å². The first-order valence-corrected chi connectivity index (χ1v) is 12.6. The van der Waals surface area contributed by atoms with Crippen molar-refractivity contribution in [2.45, 2.75) is 0 Å². The number of benzene rings is 6. The van der Waals surface area contributed by atoms with E-state index < -0.39 is 0 Å². The van der Waals surface area contributed by atoms with Crippen LogP contribution in [0, 0.1) is 6.57 Å². The molecule has 2 heteroatoms. The minimum absolute atomic E-state index is 0.558. The van der Waals surface area contributed by atoms with Gasteiger partial charge in [-0.2, -0.15) is 0 Å². The molecule has 0 atom stereocenters. The highest BCUT2D eigenvalue weighted by molar-refractivity contribution is 6.31. The first kappa shape index (κ1) is 21.6. The van der Waals surface area contributed by atoms with Gasteiger partial charge in [-0.25, -0.2) is 4.85 Å². The Balaban J connectivity index is 1.41. The van der Waals surface area contributed by atoms with Crippen LogP contribution in [0.15, 0.2) is 121 Å². The van der Waals surface area contributed by atoms with Crippen molar-refractivity contribution in [3.63, 3.8) is 0 Å². The summed E-state index contributed by atoms with van der Waals surface area (Å²) in [4.78, 5) is 3.75. The zero-order valence-corrected chi connectivity index (χ0v) is 20.6. The molecular weight excluding hydrogens is 470 g/mol. The average Bonchev–Trinajstić information content (AvgIpc) is 3.29. The van der Waals surface area contributed by atoms with Crippen LogP contribution >= 0.6 is 11.6 Å². The van der Waals surface area contributed by atoms with E-state index in [0.29, 0.717) is 10.7 Å². The van der Waals surface area contributed by atoms with Gasteiger partial charge in [0.1, 0.15) is 0 Å². The molecule has 0 bridgehead atoms. The van der Waals surface area contributed by atoms with Crippen LogP contribution in [0.5, 0.6) is 0 Å². The molecule has 6 aromatic carbocycles. The monoisotopic (exact) mass is 489 g/mol. The summed E-state index contributed by atoms with van der Waals surface area (Å²) in [5, 5.41) is 3.19. The number of rotatable bonds is 3. The molecule has 0 radical (unpaired) electrons. The van der Waals surface area contributed by atoms with Gasteiger partial charge in [-0.15, -0.1) is 0 Å². The van der Waals surface area contributed by atoms with Gasteiger partial charge >= 0.3 is 0 Å². The van der Waals surface area contributed by atoms with Gasteiger partial charge in [0.15, 0.2) is 5.69 Å². The lowest BCUT2D eigenvalue weighted by atomic mass is 9.89. The zero-order chi connectivity index (χ0) is 24.9. The van der Waals surface area contributed by atoms with Crippen LogP contribution in [-0.4, -0.2) is 0 Å². The maximum absolute atomic E-state index is 7.69. The summed E-state index contributed by atoms with van der Waals surface area (Å²) >= 11 is 6.19. The third kappa shape index (κ3) is 3.39. The number of halogens is 1. The topological polar surface area (TPSA) is 4.36 Å². The minimum Gasteiger partial charge on any atom is -0.237 e. The Kier molecular flexibility index (Phi) is 4.96. The predicted molar refractivity (Wildman–Crippen MR) is 156 cm³/mol. The van der Waals surface area contributed by atoms with Crippen molar-refractivity contribution in [1.82, 2.24) is 0 Å². The van der Waals surface area contributed by atoms with Crippen LogP contribution in [0.25, 0.3) is 71.3 Å². The maximum Gasteiger partial charge on any atom is 0.196 e. The normalized spacial score (nSPS) is 11.4. The summed E-state index contributed by atoms with van der Waals surface area (Å²) in [6.07, 6.45) is 0. The zero-order valence-electron chi connectivity index (χ0n) is 19.9. The lowest BCUT2D eigenvalue weighted by Crippen LogP contribution is -1.88. The first-order chi connectivity index (χ1) is 18.2. The number of nitrogens with zero attached hydrogens (tertiary/aromatic N) is 1. The van der Waals surface area contributed by atoms with E-state index in [4.69, 9.17) is 18.2 Å². The quantitative estimate of drug-likeness (QED) is 0.217. The van der Waals surface area contributed by atoms with Crippen molar-refractivity contribution in [2.24, 2.45) is 0 Å². The van der Waals surface area contributed by atoms with Gasteiger partial charge in [-0.3, -0.25) is 0 Å². The number of fused-ring (bicyclic) bond motifs is 3. The molecule has 0 aromatic heterocycles. The van der Waals surface area contributed by atoms with Crippen molar-refractivity contribution in [3.8, 4) is 55.6 Å². The second-order valence-corrected chi connectivity index (χ2v) is 9.77. The van der Waals surface area contributed by atoms with Crippen molar-refractivity contribution < 1.29 is 0 Å². The molecule has 0 unspecified atom stereocenters. The molecule has 7 rings (SSSR count). The lowest BCUT2D eigenvalue weighted by molar-refractivity contribution is 1.57. The molecule has 37 heavy (non-hydrogen) atoms. The van der Waals surface area contributed by atoms with Crippen LogP contribution in [0.4, 0.5) is 5.69 Å². The smallest absolute Gasteiger partial charge is 0.196 e. The molecule has 0 saturated carbocycles. The predicted octanol–water partition coefficient (Wildman–Crippen LogP) is 10.7. The van der Waals surface area contributed by atoms with Crippen molar-refractivity contribution in [1.29, 1.82) is 0 Å². The highest BCUT2D eigenvalue weighted by atomic mass is 35.5. The fourth-order valence-electron chi connectivity index (χ4n) is 5.73. The Morgan fingerprint density at radius 3 is 1.92 bits per heavy atom. The van der Waals surface area contributed by atoms with Crippen LogP contribution in [0.2, 0.25) is 5.02 Å². The van der Waals surface area contributed by atoms with E-state index in [1.165, 1.54) is 44.2 Å². The van der Waals surface area contributed by atoms with E-state index in [2.05, 4.69) is 102 Å². The van der Waals surface area contributed by atoms with Gasteiger partial charge in [0.2, 0.25) is 0 Å². The number of hydrogen-bond donors (Lipinski definition) is 0. The van der Waals surface area contributed by atoms with E-state index in [1.807, 2.05) is 18.2 Å². The molecule has 0 fully saturated rings. The Morgan fingerprint density at radius 2 is 1.11 bits per heavy atom. The second kappa shape index (κ2) is 8.49. The summed E-state index contributed by atoms with van der Waals surface area (Å²) in [5.41, 5.74) is 12.3. The van der Waals surface area contributed by atoms with E-state index in [9.17, 15) is 0 Å². The van der Waals surface area contributed by atoms with Gasteiger partial charge in [-0.05, 0) is 84.6 Å². The van der Waals surface area contributed by atoms with Crippen LogP contribution in [0.3, 0.4) is 0 Å². The molecule has 0 aliphatic heterocycles. The van der Waals surface area contributed by atoms with Crippen molar-refractivity contribution in [2.75, 3.05) is 0 Å². The molecule has 1 aliphatic carbocycles. The molecule has 0 saturated heterocycles. The first-order valence-electron chi connectivity index (χ1n) is 12.3. The minimum atomic E-state index is 0.558. The highest BCUT2D eigenvalue weighted by Crippen LogP contribution is 2.51. The summed E-state index contributed by atoms with van der Waals surface area (Å²) in [6.45, 7) is 7.69. The van der Waals surface area contributed by atoms with E-state index >= 15 is 0 Å². The fraction of sp³-hybridized carbons (Fsp3) is 0. The van der Waals surface area contributed by atoms with Gasteiger partial charge < -0.3 is 0 Å². The lowest BCUT2D eigenvalue weighted by Gasteiger charge is -2.15. The van der Waals surface area contributed by atoms with E-state index in [-0.39, 0.29) is 0 Å². The summed E-state index contributed by atoms with van der Waals surface area (Å²) in [5.74, 6) is 0. The van der Waals surface area contributed by atoms with Crippen LogP contribution < -0.4 is 0 Å². The number of hydrogen-bond acceptors (Lipinski definition) is 0. The molecule has 0 amide bonds. The molecular formula is C35H20ClN. The Bertz CT molecular complexity index is 1900. The summed E-state index contributed by atoms with van der Waals surface area (Å²) in [6, 6.07) is 42.3. The van der Waals surface area contributed by atoms with Crippen LogP contribution in [0.1, 0.15) is 0 Å². The second-order valence-electron chi connectivity index (χ2n) is 9.34. The van der Waals surface area contributed by atoms with Crippen molar-refractivity contribution in [3.05, 3.63) is 138 Å². The van der Waals surface area contributed by atoms with Crippen molar-refractivity contribution >= 4 is 28.1 Å². The molecule has 0 heterocycles. The average molecular weight is 490 g/mol. The molecule has 1 aliphatic rings. The fourth-order valence-corrected chi connectivity index (χ4v) is 5.90. The Morgan fingerprint density at radius 1 is 0.486 bits per heavy atom.